The third-order valence-corrected chi connectivity index (χ3v) is 5.25. The van der Waals surface area contributed by atoms with E-state index >= 15 is 0 Å². The fourth-order valence-corrected chi connectivity index (χ4v) is 3.39. The zero-order chi connectivity index (χ0) is 18.5. The Labute approximate surface area is 160 Å². The normalized spacial score (nSPS) is 14.4. The van der Waals surface area contributed by atoms with Gasteiger partial charge < -0.3 is 15.1 Å². The van der Waals surface area contributed by atoms with Crippen molar-refractivity contribution < 1.29 is 4.79 Å². The molecule has 0 unspecified atom stereocenters. The summed E-state index contributed by atoms with van der Waals surface area (Å²) < 4.78 is 0. The van der Waals surface area contributed by atoms with Crippen molar-refractivity contribution in [3.05, 3.63) is 58.6 Å². The summed E-state index contributed by atoms with van der Waals surface area (Å²) in [5.41, 5.74) is 4.52. The second-order valence-electron chi connectivity index (χ2n) is 6.85. The number of amides is 1. The molecule has 2 aromatic carbocycles. The Morgan fingerprint density at radius 1 is 1.08 bits per heavy atom. The largest absolute Gasteiger partial charge is 0.384 e. The Balaban J connectivity index is 1.44. The van der Waals surface area contributed by atoms with E-state index < -0.39 is 0 Å². The number of rotatable bonds is 5. The number of piperazine rings is 1. The fourth-order valence-electron chi connectivity index (χ4n) is 3.21. The van der Waals surface area contributed by atoms with Gasteiger partial charge in [-0.3, -0.25) is 4.79 Å². The van der Waals surface area contributed by atoms with Gasteiger partial charge in [0.15, 0.2) is 0 Å². The summed E-state index contributed by atoms with van der Waals surface area (Å²) in [7, 11) is 0. The molecular weight excluding hydrogens is 346 g/mol. The smallest absolute Gasteiger partial charge is 0.224 e. The molecule has 0 bridgehead atoms. The van der Waals surface area contributed by atoms with Crippen LogP contribution in [0.3, 0.4) is 0 Å². The van der Waals surface area contributed by atoms with Gasteiger partial charge in [0.25, 0.3) is 0 Å². The number of carbonyl (C=O) groups excluding carboxylic acids is 1. The topological polar surface area (TPSA) is 35.6 Å². The van der Waals surface area contributed by atoms with Crippen LogP contribution in [0.1, 0.15) is 17.5 Å². The van der Waals surface area contributed by atoms with E-state index in [4.69, 9.17) is 11.6 Å². The van der Waals surface area contributed by atoms with Gasteiger partial charge in [-0.15, -0.1) is 0 Å². The predicted octanol–water partition coefficient (Wildman–Crippen LogP) is 4.11. The van der Waals surface area contributed by atoms with Gasteiger partial charge in [0.1, 0.15) is 0 Å². The summed E-state index contributed by atoms with van der Waals surface area (Å²) in [6, 6.07) is 14.4. The first-order valence-corrected chi connectivity index (χ1v) is 9.50. The summed E-state index contributed by atoms with van der Waals surface area (Å²) in [4.78, 5) is 16.8. The molecule has 1 saturated heterocycles. The molecular formula is C21H26ClN3O. The minimum Gasteiger partial charge on any atom is -0.384 e. The van der Waals surface area contributed by atoms with Crippen LogP contribution in [-0.2, 0) is 4.79 Å². The van der Waals surface area contributed by atoms with Gasteiger partial charge in [-0.1, -0.05) is 29.8 Å². The van der Waals surface area contributed by atoms with E-state index in [1.165, 1.54) is 11.3 Å². The van der Waals surface area contributed by atoms with Crippen LogP contribution in [0.5, 0.6) is 0 Å². The quantitative estimate of drug-likeness (QED) is 0.859. The van der Waals surface area contributed by atoms with Gasteiger partial charge in [0, 0.05) is 55.5 Å². The Hall–Kier alpha value is -2.20. The molecule has 4 nitrogen and oxygen atoms in total. The van der Waals surface area contributed by atoms with Gasteiger partial charge >= 0.3 is 0 Å². The number of halogens is 1. The minimum atomic E-state index is 0.208. The Morgan fingerprint density at radius 2 is 1.85 bits per heavy atom. The lowest BCUT2D eigenvalue weighted by atomic mass is 10.2. The van der Waals surface area contributed by atoms with Crippen molar-refractivity contribution in [3.63, 3.8) is 0 Å². The van der Waals surface area contributed by atoms with Gasteiger partial charge in [-0.25, -0.2) is 0 Å². The number of nitrogens with zero attached hydrogens (tertiary/aromatic N) is 2. The molecule has 0 aromatic heterocycles. The molecule has 138 valence electrons. The van der Waals surface area contributed by atoms with Crippen molar-refractivity contribution in [1.82, 2.24) is 4.90 Å². The first kappa shape index (κ1) is 18.6. The number of anilines is 2. The van der Waals surface area contributed by atoms with Crippen molar-refractivity contribution >= 4 is 28.9 Å². The molecule has 1 aliphatic heterocycles. The zero-order valence-electron chi connectivity index (χ0n) is 15.5. The maximum Gasteiger partial charge on any atom is 0.224 e. The maximum atomic E-state index is 12.4. The molecule has 0 radical (unpaired) electrons. The summed E-state index contributed by atoms with van der Waals surface area (Å²) in [6.45, 7) is 8.04. The monoisotopic (exact) mass is 371 g/mol. The summed E-state index contributed by atoms with van der Waals surface area (Å²) in [6.07, 6.45) is 0.496. The van der Waals surface area contributed by atoms with Crippen LogP contribution in [-0.4, -0.2) is 43.5 Å². The lowest BCUT2D eigenvalue weighted by Crippen LogP contribution is -2.49. The van der Waals surface area contributed by atoms with Crippen molar-refractivity contribution in [1.29, 1.82) is 0 Å². The molecule has 1 amide bonds. The summed E-state index contributed by atoms with van der Waals surface area (Å²) >= 11 is 6.13. The molecule has 1 fully saturated rings. The average Bonchev–Trinajstić information content (AvgIpc) is 2.65. The van der Waals surface area contributed by atoms with E-state index in [1.807, 2.05) is 30.0 Å². The van der Waals surface area contributed by atoms with Crippen LogP contribution in [0.2, 0.25) is 5.02 Å². The van der Waals surface area contributed by atoms with Gasteiger partial charge in [-0.2, -0.15) is 0 Å². The highest BCUT2D eigenvalue weighted by molar-refractivity contribution is 6.31. The molecule has 0 saturated carbocycles. The summed E-state index contributed by atoms with van der Waals surface area (Å²) in [5.74, 6) is 0.208. The van der Waals surface area contributed by atoms with Crippen LogP contribution >= 0.6 is 11.6 Å². The second-order valence-corrected chi connectivity index (χ2v) is 7.25. The van der Waals surface area contributed by atoms with Crippen molar-refractivity contribution in [2.45, 2.75) is 20.3 Å². The van der Waals surface area contributed by atoms with E-state index in [9.17, 15) is 4.79 Å². The maximum absolute atomic E-state index is 12.4. The molecule has 26 heavy (non-hydrogen) atoms. The van der Waals surface area contributed by atoms with Gasteiger partial charge in [0.05, 0.1) is 0 Å². The van der Waals surface area contributed by atoms with Gasteiger partial charge in [-0.05, 0) is 49.2 Å². The third-order valence-electron chi connectivity index (χ3n) is 4.84. The fraction of sp³-hybridized carbons (Fsp3) is 0.381. The number of hydrogen-bond donors (Lipinski definition) is 1. The molecule has 1 aliphatic rings. The highest BCUT2D eigenvalue weighted by Gasteiger charge is 2.20. The van der Waals surface area contributed by atoms with E-state index in [0.717, 1.165) is 42.5 Å². The van der Waals surface area contributed by atoms with E-state index in [2.05, 4.69) is 41.4 Å². The van der Waals surface area contributed by atoms with Crippen LogP contribution in [0.15, 0.2) is 42.5 Å². The van der Waals surface area contributed by atoms with Crippen molar-refractivity contribution in [2.24, 2.45) is 0 Å². The molecule has 1 heterocycles. The molecule has 0 spiro atoms. The molecule has 0 atom stereocenters. The Bertz CT molecular complexity index is 770. The Morgan fingerprint density at radius 3 is 2.54 bits per heavy atom. The van der Waals surface area contributed by atoms with E-state index in [1.54, 1.807) is 0 Å². The first-order valence-electron chi connectivity index (χ1n) is 9.12. The average molecular weight is 372 g/mol. The predicted molar refractivity (Wildman–Crippen MR) is 109 cm³/mol. The van der Waals surface area contributed by atoms with Crippen molar-refractivity contribution in [3.8, 4) is 0 Å². The van der Waals surface area contributed by atoms with Crippen LogP contribution in [0.25, 0.3) is 0 Å². The molecule has 3 rings (SSSR count). The second kappa shape index (κ2) is 8.45. The molecule has 0 aliphatic carbocycles. The molecule has 5 heteroatoms. The van der Waals surface area contributed by atoms with Crippen LogP contribution in [0, 0.1) is 13.8 Å². The van der Waals surface area contributed by atoms with Crippen molar-refractivity contribution in [2.75, 3.05) is 42.9 Å². The number of carbonyl (C=O) groups is 1. The lowest BCUT2D eigenvalue weighted by Gasteiger charge is -2.36. The molecule has 1 N–H and O–H groups in total. The number of nitrogens with one attached hydrogen (secondary N) is 1. The van der Waals surface area contributed by atoms with E-state index in [-0.39, 0.29) is 5.91 Å². The first-order chi connectivity index (χ1) is 12.5. The number of benzene rings is 2. The van der Waals surface area contributed by atoms with Gasteiger partial charge in [0.2, 0.25) is 5.91 Å². The summed E-state index contributed by atoms with van der Waals surface area (Å²) in [5, 5.41) is 4.03. The van der Waals surface area contributed by atoms with E-state index in [0.29, 0.717) is 13.0 Å². The SMILES string of the molecule is Cc1cccc(N2CCN(C(=O)CCNc3ccc(C)c(Cl)c3)CC2)c1. The molecule has 2 aromatic rings. The highest BCUT2D eigenvalue weighted by Crippen LogP contribution is 2.20. The zero-order valence-corrected chi connectivity index (χ0v) is 16.2. The minimum absolute atomic E-state index is 0.208. The highest BCUT2D eigenvalue weighted by atomic mass is 35.5. The third kappa shape index (κ3) is 4.70. The van der Waals surface area contributed by atoms with Crippen LogP contribution < -0.4 is 10.2 Å². The standard InChI is InChI=1S/C21H26ClN3O/c1-16-4-3-5-19(14-16)24-10-12-25(13-11-24)21(26)8-9-23-18-7-6-17(2)20(22)15-18/h3-7,14-15,23H,8-13H2,1-2H3. The van der Waals surface area contributed by atoms with Crippen LogP contribution in [0.4, 0.5) is 11.4 Å². The number of aryl methyl sites for hydroxylation is 2. The number of hydrogen-bond acceptors (Lipinski definition) is 3. The lowest BCUT2D eigenvalue weighted by molar-refractivity contribution is -0.131. The Kier molecular flexibility index (Phi) is 6.04.